The second-order valence-corrected chi connectivity index (χ2v) is 4.55. The van der Waals surface area contributed by atoms with E-state index < -0.39 is 11.9 Å². The molecule has 0 amide bonds. The lowest BCUT2D eigenvalue weighted by Gasteiger charge is -2.28. The zero-order valence-electron chi connectivity index (χ0n) is 9.86. The Bertz CT molecular complexity index is 408. The lowest BCUT2D eigenvalue weighted by atomic mass is 9.88. The molecular formula is C13H16FNO2. The highest BCUT2D eigenvalue weighted by Gasteiger charge is 2.25. The molecule has 3 nitrogen and oxygen atoms in total. The van der Waals surface area contributed by atoms with E-state index in [2.05, 4.69) is 11.9 Å². The molecule has 0 N–H and O–H groups in total. The van der Waals surface area contributed by atoms with E-state index in [0.29, 0.717) is 5.92 Å². The molecule has 1 fully saturated rings. The van der Waals surface area contributed by atoms with E-state index in [9.17, 15) is 9.18 Å². The molecule has 2 atom stereocenters. The van der Waals surface area contributed by atoms with Crippen LogP contribution in [0.1, 0.15) is 43.1 Å². The lowest BCUT2D eigenvalue weighted by Crippen LogP contribution is -2.28. The highest BCUT2D eigenvalue weighted by Crippen LogP contribution is 2.26. The van der Waals surface area contributed by atoms with E-state index in [1.54, 1.807) is 0 Å². The fourth-order valence-corrected chi connectivity index (χ4v) is 2.18. The molecule has 4 heteroatoms. The Kier molecular flexibility index (Phi) is 3.71. The van der Waals surface area contributed by atoms with Gasteiger partial charge in [-0.25, -0.2) is 9.78 Å². The third-order valence-corrected chi connectivity index (χ3v) is 3.22. The van der Waals surface area contributed by atoms with Gasteiger partial charge in [0.25, 0.3) is 0 Å². The number of carbonyl (C=O) groups is 1. The summed E-state index contributed by atoms with van der Waals surface area (Å²) in [6.45, 7) is 2.08. The van der Waals surface area contributed by atoms with Crippen molar-refractivity contribution in [3.05, 3.63) is 29.8 Å². The van der Waals surface area contributed by atoms with Crippen LogP contribution in [0.25, 0.3) is 0 Å². The summed E-state index contributed by atoms with van der Waals surface area (Å²) in [5, 5.41) is 0. The second-order valence-electron chi connectivity index (χ2n) is 4.55. The van der Waals surface area contributed by atoms with Crippen LogP contribution < -0.4 is 0 Å². The Balaban J connectivity index is 2.01. The zero-order chi connectivity index (χ0) is 12.3. The summed E-state index contributed by atoms with van der Waals surface area (Å²) in [5.74, 6) is -0.805. The van der Waals surface area contributed by atoms with E-state index in [0.717, 1.165) is 19.3 Å². The molecule has 1 aromatic heterocycles. The van der Waals surface area contributed by atoms with Crippen LogP contribution in [0.15, 0.2) is 18.2 Å². The quantitative estimate of drug-likeness (QED) is 0.586. The summed E-state index contributed by atoms with van der Waals surface area (Å²) in [6.07, 6.45) is 4.18. The molecule has 1 aliphatic carbocycles. The summed E-state index contributed by atoms with van der Waals surface area (Å²) >= 11 is 0. The Morgan fingerprint density at radius 2 is 2.18 bits per heavy atom. The third kappa shape index (κ3) is 3.02. The van der Waals surface area contributed by atoms with Gasteiger partial charge in [0.2, 0.25) is 5.95 Å². The van der Waals surface area contributed by atoms with Gasteiger partial charge in [-0.1, -0.05) is 19.4 Å². The second kappa shape index (κ2) is 5.25. The molecule has 0 aliphatic heterocycles. The molecule has 0 saturated heterocycles. The van der Waals surface area contributed by atoms with E-state index in [-0.39, 0.29) is 11.8 Å². The molecule has 1 aliphatic rings. The first kappa shape index (κ1) is 12.0. The maximum Gasteiger partial charge on any atom is 0.357 e. The van der Waals surface area contributed by atoms with Crippen LogP contribution in [0.4, 0.5) is 4.39 Å². The van der Waals surface area contributed by atoms with E-state index in [1.165, 1.54) is 24.6 Å². The standard InChI is InChI=1S/C13H16FNO2/c1-9-5-2-3-7-11(9)17-13(16)10-6-4-8-12(14)15-10/h4,6,8-9,11H,2-3,5,7H2,1H3. The number of pyridine rings is 1. The van der Waals surface area contributed by atoms with Crippen molar-refractivity contribution in [2.24, 2.45) is 5.92 Å². The fraction of sp³-hybridized carbons (Fsp3) is 0.538. The van der Waals surface area contributed by atoms with Crippen molar-refractivity contribution in [3.8, 4) is 0 Å². The van der Waals surface area contributed by atoms with E-state index in [4.69, 9.17) is 4.74 Å². The molecule has 0 radical (unpaired) electrons. The van der Waals surface area contributed by atoms with Crippen LogP contribution in [0, 0.1) is 11.9 Å². The van der Waals surface area contributed by atoms with Gasteiger partial charge in [0, 0.05) is 0 Å². The topological polar surface area (TPSA) is 39.2 Å². The van der Waals surface area contributed by atoms with Gasteiger partial charge in [-0.2, -0.15) is 4.39 Å². The molecule has 0 spiro atoms. The highest BCUT2D eigenvalue weighted by molar-refractivity contribution is 5.87. The average molecular weight is 237 g/mol. The van der Waals surface area contributed by atoms with Crippen LogP contribution in [0.5, 0.6) is 0 Å². The molecule has 0 aromatic carbocycles. The van der Waals surface area contributed by atoms with Crippen molar-refractivity contribution in [1.29, 1.82) is 0 Å². The first-order chi connectivity index (χ1) is 8.16. The number of hydrogen-bond donors (Lipinski definition) is 0. The monoisotopic (exact) mass is 237 g/mol. The maximum absolute atomic E-state index is 12.9. The summed E-state index contributed by atoms with van der Waals surface area (Å²) in [7, 11) is 0. The molecule has 2 rings (SSSR count). The number of ether oxygens (including phenoxy) is 1. The summed E-state index contributed by atoms with van der Waals surface area (Å²) in [4.78, 5) is 15.3. The molecule has 1 aromatic rings. The average Bonchev–Trinajstić information content (AvgIpc) is 2.32. The fourth-order valence-electron chi connectivity index (χ4n) is 2.18. The highest BCUT2D eigenvalue weighted by atomic mass is 19.1. The first-order valence-electron chi connectivity index (χ1n) is 6.00. The van der Waals surface area contributed by atoms with Gasteiger partial charge < -0.3 is 4.74 Å². The van der Waals surface area contributed by atoms with Crippen molar-refractivity contribution in [3.63, 3.8) is 0 Å². The van der Waals surface area contributed by atoms with Gasteiger partial charge in [-0.05, 0) is 37.3 Å². The van der Waals surface area contributed by atoms with Crippen LogP contribution >= 0.6 is 0 Å². The minimum Gasteiger partial charge on any atom is -0.457 e. The van der Waals surface area contributed by atoms with E-state index >= 15 is 0 Å². The molecule has 92 valence electrons. The Morgan fingerprint density at radius 3 is 2.88 bits per heavy atom. The van der Waals surface area contributed by atoms with Crippen molar-refractivity contribution < 1.29 is 13.9 Å². The van der Waals surface area contributed by atoms with Crippen LogP contribution in [0.3, 0.4) is 0 Å². The normalized spacial score (nSPS) is 24.4. The molecule has 17 heavy (non-hydrogen) atoms. The van der Waals surface area contributed by atoms with Crippen molar-refractivity contribution in [1.82, 2.24) is 4.98 Å². The SMILES string of the molecule is CC1CCCCC1OC(=O)c1cccc(F)n1. The predicted molar refractivity (Wildman–Crippen MR) is 61.0 cm³/mol. The molecular weight excluding hydrogens is 221 g/mol. The lowest BCUT2D eigenvalue weighted by molar-refractivity contribution is 0.00409. The molecule has 1 saturated carbocycles. The number of rotatable bonds is 2. The van der Waals surface area contributed by atoms with Crippen molar-refractivity contribution in [2.75, 3.05) is 0 Å². The smallest absolute Gasteiger partial charge is 0.357 e. The Morgan fingerprint density at radius 1 is 1.41 bits per heavy atom. The van der Waals surface area contributed by atoms with Crippen LogP contribution in [-0.2, 0) is 4.74 Å². The number of hydrogen-bond acceptors (Lipinski definition) is 3. The van der Waals surface area contributed by atoms with Crippen LogP contribution in [0.2, 0.25) is 0 Å². The van der Waals surface area contributed by atoms with Crippen LogP contribution in [-0.4, -0.2) is 17.1 Å². The summed E-state index contributed by atoms with van der Waals surface area (Å²) < 4.78 is 18.2. The Hall–Kier alpha value is -1.45. The molecule has 1 heterocycles. The van der Waals surface area contributed by atoms with Gasteiger partial charge in [0.05, 0.1) is 0 Å². The predicted octanol–water partition coefficient (Wildman–Crippen LogP) is 2.96. The van der Waals surface area contributed by atoms with Crippen molar-refractivity contribution >= 4 is 5.97 Å². The van der Waals surface area contributed by atoms with Gasteiger partial charge in [-0.3, -0.25) is 0 Å². The van der Waals surface area contributed by atoms with Gasteiger partial charge in [0.15, 0.2) is 5.69 Å². The first-order valence-corrected chi connectivity index (χ1v) is 6.00. The van der Waals surface area contributed by atoms with Crippen molar-refractivity contribution in [2.45, 2.75) is 38.7 Å². The molecule has 0 bridgehead atoms. The zero-order valence-corrected chi connectivity index (χ0v) is 9.86. The number of halogens is 1. The summed E-state index contributed by atoms with van der Waals surface area (Å²) in [6, 6.07) is 4.14. The summed E-state index contributed by atoms with van der Waals surface area (Å²) in [5.41, 5.74) is 0.0442. The van der Waals surface area contributed by atoms with E-state index in [1.807, 2.05) is 0 Å². The Labute approximate surface area is 100 Å². The van der Waals surface area contributed by atoms with Gasteiger partial charge in [0.1, 0.15) is 6.10 Å². The number of aromatic nitrogens is 1. The maximum atomic E-state index is 12.9. The number of nitrogens with zero attached hydrogens (tertiary/aromatic N) is 1. The largest absolute Gasteiger partial charge is 0.457 e. The van der Waals surface area contributed by atoms with Gasteiger partial charge >= 0.3 is 5.97 Å². The minimum atomic E-state index is -0.656. The third-order valence-electron chi connectivity index (χ3n) is 3.22. The van der Waals surface area contributed by atoms with Gasteiger partial charge in [-0.15, -0.1) is 0 Å². The number of carbonyl (C=O) groups excluding carboxylic acids is 1. The minimum absolute atomic E-state index is 0.0442. The molecule has 2 unspecified atom stereocenters. The number of esters is 1.